The molecule has 2 fully saturated rings. The van der Waals surface area contributed by atoms with Crippen molar-refractivity contribution in [2.45, 2.75) is 58.2 Å². The van der Waals surface area contributed by atoms with Gasteiger partial charge < -0.3 is 9.47 Å². The van der Waals surface area contributed by atoms with Gasteiger partial charge in [0.25, 0.3) is 0 Å². The molecule has 15 heavy (non-hydrogen) atoms. The van der Waals surface area contributed by atoms with Crippen molar-refractivity contribution in [2.75, 3.05) is 13.2 Å². The van der Waals surface area contributed by atoms with Gasteiger partial charge in [-0.15, -0.1) is 0 Å². The van der Waals surface area contributed by atoms with Gasteiger partial charge in [0.15, 0.2) is 0 Å². The Bertz CT molecular complexity index is 185. The van der Waals surface area contributed by atoms with Crippen LogP contribution in [-0.4, -0.2) is 25.4 Å². The predicted octanol–water partition coefficient (Wildman–Crippen LogP) is 3.01. The maximum atomic E-state index is 5.89. The quantitative estimate of drug-likeness (QED) is 0.700. The predicted molar refractivity (Wildman–Crippen MR) is 60.9 cm³/mol. The molecule has 3 unspecified atom stereocenters. The summed E-state index contributed by atoms with van der Waals surface area (Å²) in [6.07, 6.45) is 7.30. The molecular weight excluding hydrogens is 188 g/mol. The van der Waals surface area contributed by atoms with Crippen molar-refractivity contribution >= 4 is 0 Å². The molecule has 0 aromatic rings. The number of rotatable bonds is 2. The van der Waals surface area contributed by atoms with Crippen LogP contribution in [0.2, 0.25) is 0 Å². The van der Waals surface area contributed by atoms with E-state index in [1.54, 1.807) is 0 Å². The molecule has 2 saturated heterocycles. The first-order valence-electron chi connectivity index (χ1n) is 6.50. The average molecular weight is 212 g/mol. The molecule has 0 saturated carbocycles. The Balaban J connectivity index is 1.85. The molecule has 0 aliphatic carbocycles. The summed E-state index contributed by atoms with van der Waals surface area (Å²) in [6.45, 7) is 6.44. The number of hydrogen-bond donors (Lipinski definition) is 0. The maximum absolute atomic E-state index is 5.89. The monoisotopic (exact) mass is 212 g/mol. The lowest BCUT2D eigenvalue weighted by Gasteiger charge is -2.37. The number of ether oxygens (including phenoxy) is 2. The van der Waals surface area contributed by atoms with E-state index < -0.39 is 0 Å². The van der Waals surface area contributed by atoms with Crippen molar-refractivity contribution in [3.05, 3.63) is 0 Å². The second-order valence-corrected chi connectivity index (χ2v) is 5.34. The maximum Gasteiger partial charge on any atom is 0.0605 e. The molecule has 2 heteroatoms. The van der Waals surface area contributed by atoms with Crippen molar-refractivity contribution in [1.82, 2.24) is 0 Å². The Labute approximate surface area is 93.3 Å². The molecule has 0 N–H and O–H groups in total. The van der Waals surface area contributed by atoms with Crippen molar-refractivity contribution in [3.63, 3.8) is 0 Å². The van der Waals surface area contributed by atoms with E-state index in [1.807, 2.05) is 0 Å². The van der Waals surface area contributed by atoms with Crippen molar-refractivity contribution in [3.8, 4) is 0 Å². The summed E-state index contributed by atoms with van der Waals surface area (Å²) in [4.78, 5) is 0. The summed E-state index contributed by atoms with van der Waals surface area (Å²) in [6, 6.07) is 0. The van der Waals surface area contributed by atoms with Crippen LogP contribution in [0.25, 0.3) is 0 Å². The Kier molecular flexibility index (Phi) is 4.04. The van der Waals surface area contributed by atoms with E-state index in [0.717, 1.165) is 19.1 Å². The molecule has 88 valence electrons. The molecule has 2 aliphatic heterocycles. The number of hydrogen-bond acceptors (Lipinski definition) is 2. The Morgan fingerprint density at radius 1 is 1.00 bits per heavy atom. The highest BCUT2D eigenvalue weighted by molar-refractivity contribution is 4.81. The molecule has 0 radical (unpaired) electrons. The molecule has 0 amide bonds. The third-order valence-corrected chi connectivity index (χ3v) is 3.84. The Morgan fingerprint density at radius 2 is 1.87 bits per heavy atom. The highest BCUT2D eigenvalue weighted by atomic mass is 16.5. The first-order chi connectivity index (χ1) is 7.27. The Morgan fingerprint density at radius 3 is 2.53 bits per heavy atom. The first kappa shape index (κ1) is 11.4. The molecular formula is C13H24O2. The van der Waals surface area contributed by atoms with E-state index in [4.69, 9.17) is 9.47 Å². The van der Waals surface area contributed by atoms with E-state index in [1.165, 1.54) is 32.1 Å². The fraction of sp³-hybridized carbons (Fsp3) is 1.00. The lowest BCUT2D eigenvalue weighted by atomic mass is 9.84. The lowest BCUT2D eigenvalue weighted by Crippen LogP contribution is -2.37. The summed E-state index contributed by atoms with van der Waals surface area (Å²) < 4.78 is 11.7. The van der Waals surface area contributed by atoms with E-state index in [-0.39, 0.29) is 0 Å². The van der Waals surface area contributed by atoms with Crippen LogP contribution in [-0.2, 0) is 9.47 Å². The van der Waals surface area contributed by atoms with Crippen LogP contribution in [0.5, 0.6) is 0 Å². The summed E-state index contributed by atoms with van der Waals surface area (Å²) in [7, 11) is 0. The fourth-order valence-electron chi connectivity index (χ4n) is 2.79. The minimum absolute atomic E-state index is 0.467. The molecule has 2 nitrogen and oxygen atoms in total. The normalized spacial score (nSPS) is 38.2. The summed E-state index contributed by atoms with van der Waals surface area (Å²) >= 11 is 0. The van der Waals surface area contributed by atoms with Gasteiger partial charge in [-0.05, 0) is 43.9 Å². The standard InChI is InChI=1S/C13H24O2/c1-10(2)13-9-11(6-8-15-13)12-5-3-4-7-14-12/h10-13H,3-9H2,1-2H3. The van der Waals surface area contributed by atoms with E-state index in [2.05, 4.69) is 13.8 Å². The minimum Gasteiger partial charge on any atom is -0.378 e. The van der Waals surface area contributed by atoms with E-state index in [0.29, 0.717) is 18.1 Å². The zero-order valence-corrected chi connectivity index (χ0v) is 10.1. The molecule has 0 bridgehead atoms. The van der Waals surface area contributed by atoms with Gasteiger partial charge in [0.05, 0.1) is 12.2 Å². The average Bonchev–Trinajstić information content (AvgIpc) is 2.30. The van der Waals surface area contributed by atoms with E-state index >= 15 is 0 Å². The highest BCUT2D eigenvalue weighted by Gasteiger charge is 2.31. The van der Waals surface area contributed by atoms with Crippen LogP contribution >= 0.6 is 0 Å². The molecule has 2 aliphatic rings. The van der Waals surface area contributed by atoms with Gasteiger partial charge in [0, 0.05) is 13.2 Å². The SMILES string of the molecule is CC(C)C1CC(C2CCCCO2)CCO1. The van der Waals surface area contributed by atoms with Gasteiger partial charge in [0.2, 0.25) is 0 Å². The third kappa shape index (κ3) is 2.94. The molecule has 0 spiro atoms. The lowest BCUT2D eigenvalue weighted by molar-refractivity contribution is -0.0919. The fourth-order valence-corrected chi connectivity index (χ4v) is 2.79. The van der Waals surface area contributed by atoms with Crippen molar-refractivity contribution in [1.29, 1.82) is 0 Å². The smallest absolute Gasteiger partial charge is 0.0605 e. The molecule has 2 heterocycles. The van der Waals surface area contributed by atoms with Gasteiger partial charge in [-0.1, -0.05) is 13.8 Å². The van der Waals surface area contributed by atoms with Crippen molar-refractivity contribution < 1.29 is 9.47 Å². The van der Waals surface area contributed by atoms with Gasteiger partial charge in [0.1, 0.15) is 0 Å². The highest BCUT2D eigenvalue weighted by Crippen LogP contribution is 2.32. The van der Waals surface area contributed by atoms with Crippen LogP contribution in [0, 0.1) is 11.8 Å². The second kappa shape index (κ2) is 5.31. The van der Waals surface area contributed by atoms with Crippen LogP contribution in [0.4, 0.5) is 0 Å². The zero-order valence-electron chi connectivity index (χ0n) is 10.1. The van der Waals surface area contributed by atoms with Gasteiger partial charge in [-0.3, -0.25) is 0 Å². The molecule has 0 aromatic carbocycles. The summed E-state index contributed by atoms with van der Waals surface area (Å²) in [5, 5.41) is 0. The minimum atomic E-state index is 0.467. The zero-order chi connectivity index (χ0) is 10.7. The third-order valence-electron chi connectivity index (χ3n) is 3.84. The largest absolute Gasteiger partial charge is 0.378 e. The first-order valence-corrected chi connectivity index (χ1v) is 6.50. The second-order valence-electron chi connectivity index (χ2n) is 5.34. The topological polar surface area (TPSA) is 18.5 Å². The summed E-state index contributed by atoms with van der Waals surface area (Å²) in [5.74, 6) is 1.41. The van der Waals surface area contributed by atoms with E-state index in [9.17, 15) is 0 Å². The van der Waals surface area contributed by atoms with Gasteiger partial charge in [-0.2, -0.15) is 0 Å². The van der Waals surface area contributed by atoms with Crippen LogP contribution in [0.1, 0.15) is 46.0 Å². The molecule has 3 atom stereocenters. The van der Waals surface area contributed by atoms with Crippen LogP contribution in [0.15, 0.2) is 0 Å². The van der Waals surface area contributed by atoms with Crippen LogP contribution < -0.4 is 0 Å². The van der Waals surface area contributed by atoms with Gasteiger partial charge >= 0.3 is 0 Å². The van der Waals surface area contributed by atoms with Crippen molar-refractivity contribution in [2.24, 2.45) is 11.8 Å². The molecule has 0 aromatic heterocycles. The Hall–Kier alpha value is -0.0800. The molecule has 2 rings (SSSR count). The summed E-state index contributed by atoms with van der Waals surface area (Å²) in [5.41, 5.74) is 0. The van der Waals surface area contributed by atoms with Crippen LogP contribution in [0.3, 0.4) is 0 Å². The van der Waals surface area contributed by atoms with Gasteiger partial charge in [-0.25, -0.2) is 0 Å².